The van der Waals surface area contributed by atoms with Gasteiger partial charge in [-0.2, -0.15) is 5.26 Å². The van der Waals surface area contributed by atoms with E-state index in [1.54, 1.807) is 36.4 Å². The minimum Gasteiger partial charge on any atom is -0.376 e. The summed E-state index contributed by atoms with van der Waals surface area (Å²) >= 11 is 0. The van der Waals surface area contributed by atoms with Gasteiger partial charge in [0.2, 0.25) is 15.9 Å². The third kappa shape index (κ3) is 4.79. The molecule has 0 aromatic heterocycles. The van der Waals surface area contributed by atoms with Gasteiger partial charge in [-0.1, -0.05) is 6.07 Å². The van der Waals surface area contributed by atoms with Crippen molar-refractivity contribution in [2.45, 2.75) is 4.90 Å². The van der Waals surface area contributed by atoms with Gasteiger partial charge < -0.3 is 10.6 Å². The van der Waals surface area contributed by atoms with Gasteiger partial charge in [0.25, 0.3) is 0 Å². The van der Waals surface area contributed by atoms with Crippen LogP contribution in [0.25, 0.3) is 0 Å². The van der Waals surface area contributed by atoms with Crippen molar-refractivity contribution in [2.24, 2.45) is 0 Å². The van der Waals surface area contributed by atoms with Crippen LogP contribution < -0.4 is 10.6 Å². The van der Waals surface area contributed by atoms with E-state index < -0.39 is 10.0 Å². The molecule has 1 amide bonds. The molecule has 2 aromatic carbocycles. The molecule has 25 heavy (non-hydrogen) atoms. The highest BCUT2D eigenvalue weighted by molar-refractivity contribution is 7.89. The Morgan fingerprint density at radius 2 is 1.80 bits per heavy atom. The molecule has 130 valence electrons. The molecule has 0 bridgehead atoms. The molecule has 0 aliphatic heterocycles. The fourth-order valence-corrected chi connectivity index (χ4v) is 2.94. The molecular formula is C17H18N4O3S. The molecule has 8 heteroatoms. The number of nitrogens with one attached hydrogen (secondary N) is 2. The fraction of sp³-hybridized carbons (Fsp3) is 0.176. The lowest BCUT2D eigenvalue weighted by Gasteiger charge is -2.13. The maximum absolute atomic E-state index is 12.1. The van der Waals surface area contributed by atoms with Crippen molar-refractivity contribution in [1.29, 1.82) is 5.26 Å². The van der Waals surface area contributed by atoms with E-state index in [9.17, 15) is 13.2 Å². The van der Waals surface area contributed by atoms with E-state index in [0.29, 0.717) is 16.9 Å². The number of anilines is 2. The second kappa shape index (κ2) is 7.79. The molecule has 0 radical (unpaired) electrons. The van der Waals surface area contributed by atoms with Gasteiger partial charge in [0.05, 0.1) is 23.1 Å². The van der Waals surface area contributed by atoms with Crippen LogP contribution in [0.3, 0.4) is 0 Å². The highest BCUT2D eigenvalue weighted by Crippen LogP contribution is 2.18. The molecule has 0 saturated heterocycles. The first kappa shape index (κ1) is 18.4. The first-order valence-corrected chi connectivity index (χ1v) is 8.83. The van der Waals surface area contributed by atoms with Crippen molar-refractivity contribution in [3.8, 4) is 6.07 Å². The first-order chi connectivity index (χ1) is 11.8. The number of hydrogen-bond acceptors (Lipinski definition) is 5. The maximum Gasteiger partial charge on any atom is 0.243 e. The van der Waals surface area contributed by atoms with E-state index in [1.807, 2.05) is 6.07 Å². The Kier molecular flexibility index (Phi) is 5.75. The van der Waals surface area contributed by atoms with E-state index in [4.69, 9.17) is 5.26 Å². The second-order valence-electron chi connectivity index (χ2n) is 5.41. The number of carbonyl (C=O) groups is 1. The van der Waals surface area contributed by atoms with Crippen molar-refractivity contribution in [1.82, 2.24) is 4.31 Å². The summed E-state index contributed by atoms with van der Waals surface area (Å²) in [6, 6.07) is 14.8. The lowest BCUT2D eigenvalue weighted by molar-refractivity contribution is -0.114. The third-order valence-electron chi connectivity index (χ3n) is 3.36. The summed E-state index contributed by atoms with van der Waals surface area (Å²) in [5.74, 6) is -0.316. The Balaban J connectivity index is 2.00. The van der Waals surface area contributed by atoms with Crippen molar-refractivity contribution in [3.05, 3.63) is 54.1 Å². The van der Waals surface area contributed by atoms with Gasteiger partial charge in [-0.15, -0.1) is 0 Å². The SMILES string of the molecule is CN(C)S(=O)(=O)c1cccc(NC(=O)CNc2ccc(C#N)cc2)c1. The molecule has 0 aliphatic rings. The van der Waals surface area contributed by atoms with Crippen molar-refractivity contribution >= 4 is 27.3 Å². The van der Waals surface area contributed by atoms with E-state index in [1.165, 1.54) is 26.2 Å². The largest absolute Gasteiger partial charge is 0.376 e. The molecule has 0 fully saturated rings. The molecular weight excluding hydrogens is 340 g/mol. The maximum atomic E-state index is 12.1. The van der Waals surface area contributed by atoms with Gasteiger partial charge in [-0.25, -0.2) is 12.7 Å². The highest BCUT2D eigenvalue weighted by atomic mass is 32.2. The average Bonchev–Trinajstić information content (AvgIpc) is 2.60. The van der Waals surface area contributed by atoms with Crippen LogP contribution >= 0.6 is 0 Å². The quantitative estimate of drug-likeness (QED) is 0.820. The van der Waals surface area contributed by atoms with Crippen LogP contribution in [0.2, 0.25) is 0 Å². The first-order valence-electron chi connectivity index (χ1n) is 7.39. The zero-order valence-electron chi connectivity index (χ0n) is 13.9. The molecule has 7 nitrogen and oxygen atoms in total. The van der Waals surface area contributed by atoms with E-state index in [2.05, 4.69) is 10.6 Å². The number of sulfonamides is 1. The van der Waals surface area contributed by atoms with Crippen LogP contribution in [0.4, 0.5) is 11.4 Å². The van der Waals surface area contributed by atoms with Gasteiger partial charge in [0.1, 0.15) is 0 Å². The summed E-state index contributed by atoms with van der Waals surface area (Å²) in [6.07, 6.45) is 0. The Morgan fingerprint density at radius 3 is 2.40 bits per heavy atom. The second-order valence-corrected chi connectivity index (χ2v) is 7.56. The Bertz CT molecular complexity index is 900. The topological polar surface area (TPSA) is 102 Å². The monoisotopic (exact) mass is 358 g/mol. The summed E-state index contributed by atoms with van der Waals surface area (Å²) in [5.41, 5.74) is 1.64. The Labute approximate surface area is 146 Å². The third-order valence-corrected chi connectivity index (χ3v) is 5.17. The van der Waals surface area contributed by atoms with Crippen molar-refractivity contribution in [3.63, 3.8) is 0 Å². The predicted octanol–water partition coefficient (Wildman–Crippen LogP) is 1.86. The molecule has 0 heterocycles. The molecule has 0 spiro atoms. The fourth-order valence-electron chi connectivity index (χ4n) is 2.00. The molecule has 0 saturated carbocycles. The molecule has 2 rings (SSSR count). The zero-order valence-corrected chi connectivity index (χ0v) is 14.7. The van der Waals surface area contributed by atoms with Crippen LogP contribution in [-0.4, -0.2) is 39.3 Å². The Morgan fingerprint density at radius 1 is 1.12 bits per heavy atom. The smallest absolute Gasteiger partial charge is 0.243 e. The average molecular weight is 358 g/mol. The van der Waals surface area contributed by atoms with Gasteiger partial charge in [0, 0.05) is 25.5 Å². The summed E-state index contributed by atoms with van der Waals surface area (Å²) in [7, 11) is -0.664. The molecule has 2 aromatic rings. The van der Waals surface area contributed by atoms with Crippen LogP contribution in [-0.2, 0) is 14.8 Å². The minimum atomic E-state index is -3.56. The number of benzene rings is 2. The number of nitrogens with zero attached hydrogens (tertiary/aromatic N) is 2. The summed E-state index contributed by atoms with van der Waals surface area (Å²) in [5, 5.41) is 14.3. The number of carbonyl (C=O) groups excluding carboxylic acids is 1. The number of rotatable bonds is 6. The summed E-state index contributed by atoms with van der Waals surface area (Å²) < 4.78 is 25.3. The van der Waals surface area contributed by atoms with Crippen molar-refractivity contribution < 1.29 is 13.2 Å². The highest BCUT2D eigenvalue weighted by Gasteiger charge is 2.17. The zero-order chi connectivity index (χ0) is 18.4. The van der Waals surface area contributed by atoms with Crippen molar-refractivity contribution in [2.75, 3.05) is 31.3 Å². The lowest BCUT2D eigenvalue weighted by Crippen LogP contribution is -2.23. The van der Waals surface area contributed by atoms with Gasteiger partial charge >= 0.3 is 0 Å². The number of nitriles is 1. The lowest BCUT2D eigenvalue weighted by atomic mass is 10.2. The molecule has 0 unspecified atom stereocenters. The summed E-state index contributed by atoms with van der Waals surface area (Å²) in [4.78, 5) is 12.1. The van der Waals surface area contributed by atoms with E-state index >= 15 is 0 Å². The standard InChI is InChI=1S/C17H18N4O3S/c1-21(2)25(23,24)16-5-3-4-15(10-16)20-17(22)12-19-14-8-6-13(11-18)7-9-14/h3-10,19H,12H2,1-2H3,(H,20,22). The van der Waals surface area contributed by atoms with Crippen LogP contribution in [0.15, 0.2) is 53.4 Å². The van der Waals surface area contributed by atoms with Crippen LogP contribution in [0.5, 0.6) is 0 Å². The minimum absolute atomic E-state index is 0.0105. The van der Waals surface area contributed by atoms with E-state index in [0.717, 1.165) is 4.31 Å². The Hall–Kier alpha value is -2.89. The van der Waals surface area contributed by atoms with Crippen LogP contribution in [0.1, 0.15) is 5.56 Å². The van der Waals surface area contributed by atoms with Gasteiger partial charge in [-0.3, -0.25) is 4.79 Å². The predicted molar refractivity (Wildman–Crippen MR) is 95.6 cm³/mol. The number of hydrogen-bond donors (Lipinski definition) is 2. The molecule has 0 aliphatic carbocycles. The van der Waals surface area contributed by atoms with Gasteiger partial charge in [-0.05, 0) is 42.5 Å². The summed E-state index contributed by atoms with van der Waals surface area (Å²) in [6.45, 7) is 0.0105. The molecule has 2 N–H and O–H groups in total. The van der Waals surface area contributed by atoms with Gasteiger partial charge in [0.15, 0.2) is 0 Å². The normalized spacial score (nSPS) is 11.0. The number of amides is 1. The van der Waals surface area contributed by atoms with E-state index in [-0.39, 0.29) is 17.3 Å². The van der Waals surface area contributed by atoms with Crippen LogP contribution in [0, 0.1) is 11.3 Å². The molecule has 0 atom stereocenters.